The van der Waals surface area contributed by atoms with E-state index in [4.69, 9.17) is 10.2 Å². The molecule has 0 aliphatic heterocycles. The first-order valence-electron chi connectivity index (χ1n) is 6.55. The first-order valence-corrected chi connectivity index (χ1v) is 6.55. The quantitative estimate of drug-likeness (QED) is 0.878. The fourth-order valence-corrected chi connectivity index (χ4v) is 2.96. The largest absolute Gasteiger partial charge is 0.481 e. The summed E-state index contributed by atoms with van der Waals surface area (Å²) in [6, 6.07) is 6.93. The zero-order valence-electron chi connectivity index (χ0n) is 10.9. The molecule has 3 unspecified atom stereocenters. The highest BCUT2D eigenvalue weighted by molar-refractivity contribution is 5.87. The summed E-state index contributed by atoms with van der Waals surface area (Å²) in [4.78, 5) is 21.9. The van der Waals surface area contributed by atoms with Crippen LogP contribution in [0.4, 0.5) is 0 Å². The van der Waals surface area contributed by atoms with E-state index < -0.39 is 11.9 Å². The van der Waals surface area contributed by atoms with Crippen molar-refractivity contribution in [2.45, 2.75) is 32.1 Å². The maximum atomic E-state index is 11.1. The van der Waals surface area contributed by atoms with Crippen molar-refractivity contribution in [1.29, 1.82) is 0 Å². The second-order valence-electron chi connectivity index (χ2n) is 5.36. The maximum absolute atomic E-state index is 11.1. The molecule has 2 N–H and O–H groups in total. The summed E-state index contributed by atoms with van der Waals surface area (Å²) in [5.74, 6) is -1.36. The zero-order valence-corrected chi connectivity index (χ0v) is 10.9. The molecule has 1 aromatic carbocycles. The van der Waals surface area contributed by atoms with Crippen LogP contribution in [0.1, 0.15) is 48.0 Å². The van der Waals surface area contributed by atoms with Crippen LogP contribution < -0.4 is 0 Å². The van der Waals surface area contributed by atoms with Crippen LogP contribution in [0.3, 0.4) is 0 Å². The van der Waals surface area contributed by atoms with Gasteiger partial charge in [0.05, 0.1) is 11.5 Å². The van der Waals surface area contributed by atoms with Crippen LogP contribution in [0.5, 0.6) is 0 Å². The first-order chi connectivity index (χ1) is 8.99. The van der Waals surface area contributed by atoms with Crippen molar-refractivity contribution in [3.63, 3.8) is 0 Å². The van der Waals surface area contributed by atoms with Gasteiger partial charge in [0.25, 0.3) is 0 Å². The molecule has 0 saturated heterocycles. The Labute approximate surface area is 112 Å². The molecule has 0 bridgehead atoms. The summed E-state index contributed by atoms with van der Waals surface area (Å²) in [6.45, 7) is 1.98. The first kappa shape index (κ1) is 13.6. The van der Waals surface area contributed by atoms with Gasteiger partial charge < -0.3 is 10.2 Å². The number of aliphatic carboxylic acids is 1. The van der Waals surface area contributed by atoms with Gasteiger partial charge in [0, 0.05) is 0 Å². The van der Waals surface area contributed by atoms with Gasteiger partial charge in [-0.1, -0.05) is 19.1 Å². The van der Waals surface area contributed by atoms with Gasteiger partial charge in [-0.25, -0.2) is 4.79 Å². The summed E-state index contributed by atoms with van der Waals surface area (Å²) in [6.07, 6.45) is 2.40. The number of hydrogen-bond donors (Lipinski definition) is 2. The average molecular weight is 262 g/mol. The zero-order chi connectivity index (χ0) is 14.0. The SMILES string of the molecule is CC1CC(c2ccc(C(=O)O)cc2)CCC1C(=O)O. The van der Waals surface area contributed by atoms with Crippen molar-refractivity contribution in [1.82, 2.24) is 0 Å². The van der Waals surface area contributed by atoms with Crippen LogP contribution in [-0.4, -0.2) is 22.2 Å². The smallest absolute Gasteiger partial charge is 0.335 e. The van der Waals surface area contributed by atoms with E-state index in [0.29, 0.717) is 12.3 Å². The molecule has 1 aliphatic rings. The molecule has 0 spiro atoms. The molecule has 0 heterocycles. The minimum Gasteiger partial charge on any atom is -0.481 e. The van der Waals surface area contributed by atoms with Crippen molar-refractivity contribution >= 4 is 11.9 Å². The molecule has 1 fully saturated rings. The molecule has 2 rings (SSSR count). The van der Waals surface area contributed by atoms with E-state index >= 15 is 0 Å². The van der Waals surface area contributed by atoms with E-state index in [1.54, 1.807) is 12.1 Å². The summed E-state index contributed by atoms with van der Waals surface area (Å²) in [5, 5.41) is 18.0. The number of benzene rings is 1. The Balaban J connectivity index is 2.08. The highest BCUT2D eigenvalue weighted by Crippen LogP contribution is 2.39. The van der Waals surface area contributed by atoms with Gasteiger partial charge in [0.1, 0.15) is 0 Å². The molecule has 4 heteroatoms. The fraction of sp³-hybridized carbons (Fsp3) is 0.467. The molecule has 3 atom stereocenters. The molecular formula is C15H18O4. The lowest BCUT2D eigenvalue weighted by molar-refractivity contribution is -0.144. The van der Waals surface area contributed by atoms with Crippen LogP contribution in [0.25, 0.3) is 0 Å². The number of carboxylic acid groups (broad SMARTS) is 2. The third kappa shape index (κ3) is 2.95. The summed E-state index contributed by atoms with van der Waals surface area (Å²) in [7, 11) is 0. The third-order valence-corrected chi connectivity index (χ3v) is 4.12. The average Bonchev–Trinajstić information content (AvgIpc) is 2.38. The monoisotopic (exact) mass is 262 g/mol. The Hall–Kier alpha value is -1.84. The predicted octanol–water partition coefficient (Wildman–Crippen LogP) is 2.99. The van der Waals surface area contributed by atoms with Gasteiger partial charge in [-0.2, -0.15) is 0 Å². The summed E-state index contributed by atoms with van der Waals surface area (Å²) < 4.78 is 0. The second kappa shape index (κ2) is 5.43. The molecular weight excluding hydrogens is 244 g/mol. The minimum atomic E-state index is -0.922. The normalized spacial score (nSPS) is 26.9. The summed E-state index contributed by atoms with van der Waals surface area (Å²) in [5.41, 5.74) is 1.40. The standard InChI is InChI=1S/C15H18O4/c1-9-8-12(6-7-13(9)15(18)19)10-2-4-11(5-3-10)14(16)17/h2-5,9,12-13H,6-8H2,1H3,(H,16,17)(H,18,19). The van der Waals surface area contributed by atoms with Gasteiger partial charge in [0.2, 0.25) is 0 Å². The van der Waals surface area contributed by atoms with Crippen LogP contribution in [0.15, 0.2) is 24.3 Å². The molecule has 1 saturated carbocycles. The number of carboxylic acids is 2. The fourth-order valence-electron chi connectivity index (χ4n) is 2.96. The van der Waals surface area contributed by atoms with Crippen molar-refractivity contribution in [2.75, 3.05) is 0 Å². The predicted molar refractivity (Wildman–Crippen MR) is 70.3 cm³/mol. The summed E-state index contributed by atoms with van der Waals surface area (Å²) >= 11 is 0. The highest BCUT2D eigenvalue weighted by Gasteiger charge is 2.32. The van der Waals surface area contributed by atoms with Gasteiger partial charge in [-0.15, -0.1) is 0 Å². The van der Waals surface area contributed by atoms with Crippen molar-refractivity contribution < 1.29 is 19.8 Å². The Bertz CT molecular complexity index is 477. The Morgan fingerprint density at radius 1 is 1.11 bits per heavy atom. The van der Waals surface area contributed by atoms with Crippen molar-refractivity contribution in [2.24, 2.45) is 11.8 Å². The van der Waals surface area contributed by atoms with E-state index in [9.17, 15) is 9.59 Å². The van der Waals surface area contributed by atoms with Crippen LogP contribution in [0, 0.1) is 11.8 Å². The lowest BCUT2D eigenvalue weighted by atomic mass is 9.72. The van der Waals surface area contributed by atoms with E-state index in [1.165, 1.54) is 0 Å². The van der Waals surface area contributed by atoms with Crippen LogP contribution in [0.2, 0.25) is 0 Å². The van der Waals surface area contributed by atoms with Crippen LogP contribution in [-0.2, 0) is 4.79 Å². The van der Waals surface area contributed by atoms with Crippen LogP contribution >= 0.6 is 0 Å². The number of hydrogen-bond acceptors (Lipinski definition) is 2. The van der Waals surface area contributed by atoms with Gasteiger partial charge >= 0.3 is 11.9 Å². The molecule has 102 valence electrons. The number of rotatable bonds is 3. The van der Waals surface area contributed by atoms with Crippen molar-refractivity contribution in [3.05, 3.63) is 35.4 Å². The Morgan fingerprint density at radius 3 is 2.21 bits per heavy atom. The van der Waals surface area contributed by atoms with Gasteiger partial charge in [-0.3, -0.25) is 4.79 Å². The lowest BCUT2D eigenvalue weighted by Crippen LogP contribution is -2.28. The van der Waals surface area contributed by atoms with Gasteiger partial charge in [0.15, 0.2) is 0 Å². The number of carbonyl (C=O) groups is 2. The molecule has 0 amide bonds. The highest BCUT2D eigenvalue weighted by atomic mass is 16.4. The maximum Gasteiger partial charge on any atom is 0.335 e. The Morgan fingerprint density at radius 2 is 1.74 bits per heavy atom. The van der Waals surface area contributed by atoms with Gasteiger partial charge in [-0.05, 0) is 48.8 Å². The van der Waals surface area contributed by atoms with E-state index in [0.717, 1.165) is 18.4 Å². The van der Waals surface area contributed by atoms with E-state index in [-0.39, 0.29) is 17.4 Å². The van der Waals surface area contributed by atoms with E-state index in [1.807, 2.05) is 19.1 Å². The number of aromatic carboxylic acids is 1. The molecule has 1 aromatic rings. The van der Waals surface area contributed by atoms with E-state index in [2.05, 4.69) is 0 Å². The lowest BCUT2D eigenvalue weighted by Gasteiger charge is -2.32. The molecule has 19 heavy (non-hydrogen) atoms. The topological polar surface area (TPSA) is 74.6 Å². The molecule has 0 radical (unpaired) electrons. The minimum absolute atomic E-state index is 0.162. The molecule has 0 aromatic heterocycles. The van der Waals surface area contributed by atoms with Crippen molar-refractivity contribution in [3.8, 4) is 0 Å². The Kier molecular flexibility index (Phi) is 3.88. The molecule has 4 nitrogen and oxygen atoms in total. The molecule has 1 aliphatic carbocycles. The third-order valence-electron chi connectivity index (χ3n) is 4.12. The second-order valence-corrected chi connectivity index (χ2v) is 5.36.